The van der Waals surface area contributed by atoms with Crippen molar-refractivity contribution in [3.63, 3.8) is 0 Å². The van der Waals surface area contributed by atoms with Gasteiger partial charge in [0.15, 0.2) is 0 Å². The first-order valence-electron chi connectivity index (χ1n) is 3.63. The highest BCUT2D eigenvalue weighted by Gasteiger charge is 2.43. The van der Waals surface area contributed by atoms with Crippen LogP contribution in [-0.4, -0.2) is 28.5 Å². The minimum atomic E-state index is -0.869. The Kier molecular flexibility index (Phi) is 1.31. The third kappa shape index (κ3) is 1.17. The van der Waals surface area contributed by atoms with Gasteiger partial charge >= 0.3 is 0 Å². The molecule has 2 atom stereocenters. The SMILES string of the molecule is OC1=CCC(O)(C2CO2)C=C1. The van der Waals surface area contributed by atoms with Crippen molar-refractivity contribution >= 4 is 0 Å². The van der Waals surface area contributed by atoms with Gasteiger partial charge < -0.3 is 14.9 Å². The molecule has 0 spiro atoms. The third-order valence-electron chi connectivity index (χ3n) is 2.07. The molecule has 0 amide bonds. The zero-order valence-electron chi connectivity index (χ0n) is 6.03. The van der Waals surface area contributed by atoms with Gasteiger partial charge in [0.2, 0.25) is 0 Å². The minimum Gasteiger partial charge on any atom is -0.508 e. The Morgan fingerprint density at radius 3 is 2.82 bits per heavy atom. The Morgan fingerprint density at radius 2 is 2.36 bits per heavy atom. The zero-order valence-corrected chi connectivity index (χ0v) is 6.03. The quantitative estimate of drug-likeness (QED) is 0.541. The van der Waals surface area contributed by atoms with Gasteiger partial charge in [0.25, 0.3) is 0 Å². The molecule has 1 saturated heterocycles. The van der Waals surface area contributed by atoms with E-state index in [1.807, 2.05) is 0 Å². The van der Waals surface area contributed by atoms with Gasteiger partial charge in [-0.25, -0.2) is 0 Å². The smallest absolute Gasteiger partial charge is 0.115 e. The van der Waals surface area contributed by atoms with Crippen LogP contribution in [0.15, 0.2) is 24.0 Å². The fraction of sp³-hybridized carbons (Fsp3) is 0.500. The van der Waals surface area contributed by atoms with Crippen molar-refractivity contribution in [3.05, 3.63) is 24.0 Å². The van der Waals surface area contributed by atoms with Crippen LogP contribution in [0.4, 0.5) is 0 Å². The molecule has 3 heteroatoms. The summed E-state index contributed by atoms with van der Waals surface area (Å²) >= 11 is 0. The predicted octanol–water partition coefficient (Wildman–Crippen LogP) is 0.518. The van der Waals surface area contributed by atoms with Gasteiger partial charge in [0.1, 0.15) is 17.5 Å². The standard InChI is InChI=1S/C8H10O3/c9-6-1-3-8(10,4-2-6)7-5-11-7/h1-3,7,9-10H,4-5H2. The highest BCUT2D eigenvalue weighted by atomic mass is 16.6. The van der Waals surface area contributed by atoms with Crippen LogP contribution < -0.4 is 0 Å². The first kappa shape index (κ1) is 6.88. The maximum absolute atomic E-state index is 9.76. The topological polar surface area (TPSA) is 53.0 Å². The summed E-state index contributed by atoms with van der Waals surface area (Å²) in [6.07, 6.45) is 5.08. The molecule has 2 N–H and O–H groups in total. The molecule has 0 aromatic rings. The van der Waals surface area contributed by atoms with Crippen LogP contribution in [-0.2, 0) is 4.74 Å². The highest BCUT2D eigenvalue weighted by Crippen LogP contribution is 2.32. The summed E-state index contributed by atoms with van der Waals surface area (Å²) in [5.41, 5.74) is -0.869. The lowest BCUT2D eigenvalue weighted by Crippen LogP contribution is -2.33. The lowest BCUT2D eigenvalue weighted by Gasteiger charge is -2.22. The molecule has 2 aliphatic rings. The molecular weight excluding hydrogens is 144 g/mol. The first-order valence-corrected chi connectivity index (χ1v) is 3.63. The number of ether oxygens (including phenoxy) is 1. The lowest BCUT2D eigenvalue weighted by atomic mass is 9.92. The Balaban J connectivity index is 2.13. The van der Waals surface area contributed by atoms with E-state index >= 15 is 0 Å². The number of allylic oxidation sites excluding steroid dienone is 1. The Bertz CT molecular complexity index is 227. The van der Waals surface area contributed by atoms with Crippen LogP contribution in [0.5, 0.6) is 0 Å². The van der Waals surface area contributed by atoms with E-state index in [-0.39, 0.29) is 11.9 Å². The van der Waals surface area contributed by atoms with E-state index in [1.165, 1.54) is 6.08 Å². The normalized spacial score (nSPS) is 41.9. The van der Waals surface area contributed by atoms with Crippen LogP contribution >= 0.6 is 0 Å². The molecule has 0 saturated carbocycles. The molecule has 0 aromatic heterocycles. The van der Waals surface area contributed by atoms with Crippen LogP contribution in [0.2, 0.25) is 0 Å². The van der Waals surface area contributed by atoms with E-state index in [0.29, 0.717) is 13.0 Å². The Morgan fingerprint density at radius 1 is 1.64 bits per heavy atom. The summed E-state index contributed by atoms with van der Waals surface area (Å²) in [4.78, 5) is 0. The molecule has 0 aromatic carbocycles. The van der Waals surface area contributed by atoms with E-state index < -0.39 is 5.60 Å². The number of hydrogen-bond acceptors (Lipinski definition) is 3. The van der Waals surface area contributed by atoms with Crippen molar-refractivity contribution in [2.75, 3.05) is 6.61 Å². The molecule has 3 nitrogen and oxygen atoms in total. The molecule has 1 heterocycles. The van der Waals surface area contributed by atoms with E-state index in [0.717, 1.165) is 0 Å². The second-order valence-electron chi connectivity index (χ2n) is 2.98. The van der Waals surface area contributed by atoms with Gasteiger partial charge in [-0.1, -0.05) is 0 Å². The monoisotopic (exact) mass is 154 g/mol. The number of epoxide rings is 1. The summed E-state index contributed by atoms with van der Waals surface area (Å²) in [5, 5.41) is 18.7. The van der Waals surface area contributed by atoms with E-state index in [1.54, 1.807) is 12.2 Å². The van der Waals surface area contributed by atoms with Gasteiger partial charge in [0, 0.05) is 6.42 Å². The summed E-state index contributed by atoms with van der Waals surface area (Å²) in [6.45, 7) is 0.620. The average molecular weight is 154 g/mol. The van der Waals surface area contributed by atoms with Crippen LogP contribution in [0.3, 0.4) is 0 Å². The van der Waals surface area contributed by atoms with Crippen molar-refractivity contribution in [1.82, 2.24) is 0 Å². The maximum Gasteiger partial charge on any atom is 0.115 e. The van der Waals surface area contributed by atoms with Crippen LogP contribution in [0, 0.1) is 0 Å². The van der Waals surface area contributed by atoms with E-state index in [2.05, 4.69) is 0 Å². The van der Waals surface area contributed by atoms with E-state index in [4.69, 9.17) is 9.84 Å². The number of hydrogen-bond donors (Lipinski definition) is 2. The van der Waals surface area contributed by atoms with Gasteiger partial charge in [-0.2, -0.15) is 0 Å². The highest BCUT2D eigenvalue weighted by molar-refractivity contribution is 5.25. The van der Waals surface area contributed by atoms with Crippen molar-refractivity contribution in [2.24, 2.45) is 0 Å². The number of rotatable bonds is 1. The summed E-state index contributed by atoms with van der Waals surface area (Å²) < 4.78 is 4.97. The summed E-state index contributed by atoms with van der Waals surface area (Å²) in [7, 11) is 0. The summed E-state index contributed by atoms with van der Waals surface area (Å²) in [5.74, 6) is 0.218. The fourth-order valence-electron chi connectivity index (χ4n) is 1.21. The molecule has 1 aliphatic carbocycles. The number of aliphatic hydroxyl groups excluding tert-OH is 1. The molecule has 2 unspecified atom stereocenters. The van der Waals surface area contributed by atoms with Crippen LogP contribution in [0.1, 0.15) is 6.42 Å². The fourth-order valence-corrected chi connectivity index (χ4v) is 1.21. The van der Waals surface area contributed by atoms with Gasteiger partial charge in [-0.05, 0) is 18.2 Å². The molecule has 0 bridgehead atoms. The zero-order chi connectivity index (χ0) is 7.90. The van der Waals surface area contributed by atoms with Gasteiger partial charge in [0.05, 0.1) is 6.61 Å². The number of aliphatic hydroxyl groups is 2. The maximum atomic E-state index is 9.76. The molecule has 60 valence electrons. The second kappa shape index (κ2) is 2.09. The molecule has 1 aliphatic heterocycles. The Labute approximate surface area is 64.6 Å². The van der Waals surface area contributed by atoms with Crippen molar-refractivity contribution in [1.29, 1.82) is 0 Å². The molecule has 0 radical (unpaired) electrons. The molecule has 11 heavy (non-hydrogen) atoms. The largest absolute Gasteiger partial charge is 0.508 e. The van der Waals surface area contributed by atoms with Crippen molar-refractivity contribution < 1.29 is 14.9 Å². The van der Waals surface area contributed by atoms with Crippen molar-refractivity contribution in [3.8, 4) is 0 Å². The first-order chi connectivity index (χ1) is 5.21. The Hall–Kier alpha value is -0.800. The average Bonchev–Trinajstić information content (AvgIpc) is 2.77. The third-order valence-corrected chi connectivity index (χ3v) is 2.07. The molecule has 1 fully saturated rings. The van der Waals surface area contributed by atoms with Crippen molar-refractivity contribution in [2.45, 2.75) is 18.1 Å². The van der Waals surface area contributed by atoms with Crippen LogP contribution in [0.25, 0.3) is 0 Å². The summed E-state index contributed by atoms with van der Waals surface area (Å²) in [6, 6.07) is 0. The minimum absolute atomic E-state index is 0.0666. The molecule has 2 rings (SSSR count). The van der Waals surface area contributed by atoms with Gasteiger partial charge in [-0.3, -0.25) is 0 Å². The van der Waals surface area contributed by atoms with Gasteiger partial charge in [-0.15, -0.1) is 0 Å². The predicted molar refractivity (Wildman–Crippen MR) is 39.2 cm³/mol. The van der Waals surface area contributed by atoms with E-state index in [9.17, 15) is 5.11 Å². The second-order valence-corrected chi connectivity index (χ2v) is 2.98. The lowest BCUT2D eigenvalue weighted by molar-refractivity contribution is 0.0583. The molecular formula is C8H10O3.